The molecule has 0 spiro atoms. The molecule has 9 amide bonds. The maximum absolute atomic E-state index is 15.5. The zero-order chi connectivity index (χ0) is 75.5. The number of H-pyrrole nitrogens is 4. The van der Waals surface area contributed by atoms with Gasteiger partial charge in [-0.15, -0.1) is 0 Å². The second-order valence-electron chi connectivity index (χ2n) is 26.6. The molecule has 0 aliphatic carbocycles. The molecule has 31 nitrogen and oxygen atoms in total. The Balaban J connectivity index is 1.09. The number of carbonyl (C=O) groups excluding carboxylic acids is 9. The molecule has 562 valence electrons. The van der Waals surface area contributed by atoms with Gasteiger partial charge in [0.05, 0.1) is 6.04 Å². The molecule has 4 heterocycles. The lowest BCUT2D eigenvalue weighted by Crippen LogP contribution is -2.61. The monoisotopic (exact) mass is 1440 g/mol. The number of aromatic nitrogens is 4. The van der Waals surface area contributed by atoms with E-state index in [4.69, 9.17) is 45.2 Å². The van der Waals surface area contributed by atoms with Crippen LogP contribution in [-0.2, 0) is 68.8 Å². The predicted octanol–water partition coefficient (Wildman–Crippen LogP) is 1.40. The van der Waals surface area contributed by atoms with E-state index in [1.54, 1.807) is 31.7 Å². The number of hydrogen-bond acceptors (Lipinski definition) is 14. The molecule has 0 bridgehead atoms. The standard InChI is InChI=1S/C74H102N22O9/c1-3-42(2)63(96-68(101)59(29-17-33-84-74(81)82)90-65(98)51(77)34-43-38-85-52-22-8-4-18-47(43)52)72(105)95-62(37-46-41-88-55-25-11-7-21-50(46)55)70(103)91-57(27-13-15-31-76)67(100)93-61(36-45-40-87-54-24-10-6-20-49(45)54)71(104)94-60(35-44-39-86-53-23-9-5-19-48(44)53)69(102)92-58(28-16-32-83-73(79)80)66(99)89-56(64(78)97)26-12-14-30-75/h4-11,18-25,38-42,51,56-63,85-88H,3,12-17,26-37,75-77H2,1-2H3,(H2,78,97)(H,89,99)(H,90,98)(H,91,103)(H,92,102)(H,93,100)(H,94,104)(H,95,105)(H,96,101)(H4,79,80,83)(H4,81,82,84)/t42-,51-,56-,57-,58-,59-,60-,61-,62-,63-/m1/s1. The molecule has 28 N–H and O–H groups in total. The summed E-state index contributed by atoms with van der Waals surface area (Å²) < 4.78 is 0. The number of benzene rings is 4. The minimum absolute atomic E-state index is 0.00338. The molecule has 0 aliphatic rings. The van der Waals surface area contributed by atoms with Crippen LogP contribution in [0.4, 0.5) is 0 Å². The van der Waals surface area contributed by atoms with Gasteiger partial charge in [-0.05, 0) is 136 Å². The summed E-state index contributed by atoms with van der Waals surface area (Å²) in [6.07, 6.45) is 9.37. The summed E-state index contributed by atoms with van der Waals surface area (Å²) >= 11 is 0. The van der Waals surface area contributed by atoms with Crippen molar-refractivity contribution in [3.8, 4) is 0 Å². The highest BCUT2D eigenvalue weighted by Gasteiger charge is 2.37. The number of carbonyl (C=O) groups is 9. The molecule has 4 aromatic heterocycles. The lowest BCUT2D eigenvalue weighted by molar-refractivity contribution is -0.136. The van der Waals surface area contributed by atoms with Crippen molar-refractivity contribution in [3.05, 3.63) is 144 Å². The molecular weight excluding hydrogens is 1340 g/mol. The molecule has 4 aromatic carbocycles. The highest BCUT2D eigenvalue weighted by molar-refractivity contribution is 6.00. The Morgan fingerprint density at radius 2 is 0.676 bits per heavy atom. The first-order chi connectivity index (χ1) is 50.5. The second-order valence-corrected chi connectivity index (χ2v) is 26.6. The van der Waals surface area contributed by atoms with Crippen LogP contribution in [0.5, 0.6) is 0 Å². The molecule has 31 heteroatoms. The lowest BCUT2D eigenvalue weighted by atomic mass is 9.96. The maximum Gasteiger partial charge on any atom is 0.243 e. The normalized spacial score (nSPS) is 14.3. The van der Waals surface area contributed by atoms with Crippen molar-refractivity contribution in [1.82, 2.24) is 73.1 Å². The summed E-state index contributed by atoms with van der Waals surface area (Å²) in [4.78, 5) is 145. The topological polar surface area (TPSA) is 541 Å². The van der Waals surface area contributed by atoms with Gasteiger partial charge in [-0.25, -0.2) is 0 Å². The van der Waals surface area contributed by atoms with E-state index in [0.717, 1.165) is 49.2 Å². The molecule has 0 aliphatic heterocycles. The van der Waals surface area contributed by atoms with E-state index < -0.39 is 113 Å². The van der Waals surface area contributed by atoms with Gasteiger partial charge in [-0.1, -0.05) is 93.1 Å². The average Bonchev–Trinajstić information content (AvgIpc) is 1.35. The number of aromatic amines is 4. The molecule has 0 unspecified atom stereocenters. The Morgan fingerprint density at radius 1 is 0.381 bits per heavy atom. The molecule has 0 saturated carbocycles. The van der Waals surface area contributed by atoms with Crippen molar-refractivity contribution in [3.63, 3.8) is 0 Å². The number of fused-ring (bicyclic) bond motifs is 4. The van der Waals surface area contributed by atoms with E-state index in [0.29, 0.717) is 55.3 Å². The largest absolute Gasteiger partial charge is 0.370 e. The first kappa shape index (κ1) is 79.4. The third kappa shape index (κ3) is 22.8. The van der Waals surface area contributed by atoms with Crippen molar-refractivity contribution in [2.24, 2.45) is 40.3 Å². The van der Waals surface area contributed by atoms with Crippen molar-refractivity contribution in [2.75, 3.05) is 26.2 Å². The second kappa shape index (κ2) is 39.4. The van der Waals surface area contributed by atoms with E-state index >= 15 is 24.0 Å². The van der Waals surface area contributed by atoms with Gasteiger partial charge < -0.3 is 108 Å². The Labute approximate surface area is 608 Å². The lowest BCUT2D eigenvalue weighted by Gasteiger charge is -2.30. The average molecular weight is 1440 g/mol. The maximum atomic E-state index is 15.5. The smallest absolute Gasteiger partial charge is 0.243 e. The van der Waals surface area contributed by atoms with Gasteiger partial charge in [0, 0.05) is 101 Å². The number of nitrogens with one attached hydrogen (secondary N) is 16. The van der Waals surface area contributed by atoms with E-state index in [1.807, 2.05) is 104 Å². The highest BCUT2D eigenvalue weighted by Crippen LogP contribution is 2.25. The van der Waals surface area contributed by atoms with Crippen molar-refractivity contribution < 1.29 is 43.2 Å². The Kier molecular flexibility index (Phi) is 29.8. The van der Waals surface area contributed by atoms with Crippen molar-refractivity contribution >= 4 is 109 Å². The van der Waals surface area contributed by atoms with E-state index in [2.05, 4.69) is 73.1 Å². The van der Waals surface area contributed by atoms with Gasteiger partial charge >= 0.3 is 0 Å². The fourth-order valence-corrected chi connectivity index (χ4v) is 12.8. The molecule has 105 heavy (non-hydrogen) atoms. The Bertz CT molecular complexity index is 4290. The number of rotatable bonds is 43. The summed E-state index contributed by atoms with van der Waals surface area (Å²) in [5.74, 6) is -8.06. The van der Waals surface area contributed by atoms with Gasteiger partial charge in [0.15, 0.2) is 11.9 Å². The Morgan fingerprint density at radius 3 is 1.03 bits per heavy atom. The van der Waals surface area contributed by atoms with Gasteiger partial charge in [0.2, 0.25) is 53.2 Å². The third-order valence-corrected chi connectivity index (χ3v) is 18.9. The zero-order valence-electron chi connectivity index (χ0n) is 59.4. The number of hydrogen-bond donors (Lipinski definition) is 22. The molecule has 0 radical (unpaired) electrons. The fourth-order valence-electron chi connectivity index (χ4n) is 12.8. The van der Waals surface area contributed by atoms with Gasteiger partial charge in [-0.2, -0.15) is 0 Å². The van der Waals surface area contributed by atoms with Gasteiger partial charge in [0.1, 0.15) is 48.3 Å². The first-order valence-corrected chi connectivity index (χ1v) is 35.8. The highest BCUT2D eigenvalue weighted by atomic mass is 16.2. The number of primary amides is 1. The minimum Gasteiger partial charge on any atom is -0.370 e. The van der Waals surface area contributed by atoms with Gasteiger partial charge in [0.25, 0.3) is 0 Å². The SMILES string of the molecule is CC[C@@H](C)[C@@H](NC(=O)[C@@H](CCCNC(=N)N)NC(=O)[C@H](N)Cc1c[nH]c2ccccc12)C(=O)N[C@H](Cc1c[nH]c2ccccc12)C(=O)N[C@H](CCCCN)C(=O)N[C@H](Cc1c[nH]c2ccccc12)C(=O)N[C@H](Cc1c[nH]c2ccccc12)C(=O)N[C@H](CCCNC(=N)N)C(=O)N[C@H](CCCCN)C(N)=O. The molecule has 10 atom stereocenters. The van der Waals surface area contributed by atoms with Crippen LogP contribution in [0, 0.1) is 16.7 Å². The fraction of sp³-hybridized carbons (Fsp3) is 0.419. The summed E-state index contributed by atoms with van der Waals surface area (Å²) in [5.41, 5.74) is 40.9. The number of guanidine groups is 2. The van der Waals surface area contributed by atoms with Crippen molar-refractivity contribution in [2.45, 2.75) is 165 Å². The number of nitrogens with two attached hydrogens (primary N) is 6. The summed E-state index contributed by atoms with van der Waals surface area (Å²) in [7, 11) is 0. The molecule has 0 saturated heterocycles. The van der Waals surface area contributed by atoms with Crippen LogP contribution in [0.25, 0.3) is 43.6 Å². The van der Waals surface area contributed by atoms with Crippen LogP contribution < -0.4 is 87.6 Å². The zero-order valence-corrected chi connectivity index (χ0v) is 59.4. The number of unbranched alkanes of at least 4 members (excludes halogenated alkanes) is 2. The van der Waals surface area contributed by atoms with Crippen LogP contribution >= 0.6 is 0 Å². The molecule has 0 fully saturated rings. The van der Waals surface area contributed by atoms with Crippen LogP contribution in [0.2, 0.25) is 0 Å². The molecular formula is C74H102N22O9. The van der Waals surface area contributed by atoms with E-state index in [-0.39, 0.29) is 95.8 Å². The van der Waals surface area contributed by atoms with Crippen LogP contribution in [-0.4, -0.2) is 166 Å². The quantitative estimate of drug-likeness (QED) is 0.0146. The summed E-state index contributed by atoms with van der Waals surface area (Å²) in [5, 5.41) is 46.7. The van der Waals surface area contributed by atoms with Crippen LogP contribution in [0.3, 0.4) is 0 Å². The predicted molar refractivity (Wildman–Crippen MR) is 404 cm³/mol. The minimum atomic E-state index is -1.47. The summed E-state index contributed by atoms with van der Waals surface area (Å²) in [6, 6.07) is 17.8. The number of amides is 9. The van der Waals surface area contributed by atoms with Gasteiger partial charge in [-0.3, -0.25) is 54.0 Å². The van der Waals surface area contributed by atoms with Crippen molar-refractivity contribution in [1.29, 1.82) is 10.8 Å². The first-order valence-electron chi connectivity index (χ1n) is 35.8. The van der Waals surface area contributed by atoms with Crippen LogP contribution in [0.1, 0.15) is 107 Å². The third-order valence-electron chi connectivity index (χ3n) is 18.9. The Hall–Kier alpha value is -11.3. The van der Waals surface area contributed by atoms with Crippen LogP contribution in [0.15, 0.2) is 122 Å². The molecule has 8 rings (SSSR count). The summed E-state index contributed by atoms with van der Waals surface area (Å²) in [6.45, 7) is 4.46. The van der Waals surface area contributed by atoms with E-state index in [1.165, 1.54) is 0 Å². The number of para-hydroxylation sites is 4. The van der Waals surface area contributed by atoms with E-state index in [9.17, 15) is 19.2 Å². The molecule has 8 aromatic rings.